The number of nitrogens with one attached hydrogen (secondary N) is 3. The normalized spacial score (nSPS) is 12.7. The van der Waals surface area contributed by atoms with Gasteiger partial charge in [-0.05, 0) is 31.0 Å². The Bertz CT molecular complexity index is 1310. The predicted octanol–water partition coefficient (Wildman–Crippen LogP) is 3.61. The first-order valence-corrected chi connectivity index (χ1v) is 10.7. The maximum absolute atomic E-state index is 12.0. The summed E-state index contributed by atoms with van der Waals surface area (Å²) in [5.74, 6) is 0.397. The SMILES string of the molecule is Cl.Cl.NCC(=O)Nc1ccc(-c2cncn2-c2n[nH]c3nc(NC(=O)C4CC4)sc23)c(Cl)c1. The number of imidazole rings is 1. The summed E-state index contributed by atoms with van der Waals surface area (Å²) in [4.78, 5) is 32.2. The summed E-state index contributed by atoms with van der Waals surface area (Å²) >= 11 is 7.83. The molecule has 0 bridgehead atoms. The lowest BCUT2D eigenvalue weighted by Gasteiger charge is -2.10. The van der Waals surface area contributed by atoms with Crippen LogP contribution in [-0.4, -0.2) is 43.1 Å². The van der Waals surface area contributed by atoms with Crippen LogP contribution in [0, 0.1) is 5.92 Å². The molecule has 1 aliphatic carbocycles. The van der Waals surface area contributed by atoms with Crippen molar-refractivity contribution < 1.29 is 9.59 Å². The molecule has 5 rings (SSSR count). The third-order valence-corrected chi connectivity index (χ3v) is 6.14. The number of aromatic amines is 1. The van der Waals surface area contributed by atoms with Crippen LogP contribution >= 0.6 is 47.8 Å². The lowest BCUT2D eigenvalue weighted by atomic mass is 10.1. The van der Waals surface area contributed by atoms with Crippen LogP contribution in [0.15, 0.2) is 30.7 Å². The molecule has 0 spiro atoms. The highest BCUT2D eigenvalue weighted by molar-refractivity contribution is 7.22. The largest absolute Gasteiger partial charge is 0.325 e. The molecular formula is C19H19Cl3N8O2S. The molecule has 0 aliphatic heterocycles. The first kappa shape index (κ1) is 24.9. The van der Waals surface area contributed by atoms with Crippen molar-refractivity contribution in [1.29, 1.82) is 0 Å². The Morgan fingerprint density at radius 2 is 2.06 bits per heavy atom. The number of rotatable bonds is 6. The number of fused-ring (bicyclic) bond motifs is 1. The number of nitrogens with zero attached hydrogens (tertiary/aromatic N) is 4. The fraction of sp³-hybridized carbons (Fsp3) is 0.211. The van der Waals surface area contributed by atoms with Crippen LogP contribution < -0.4 is 16.4 Å². The van der Waals surface area contributed by atoms with Gasteiger partial charge in [0.1, 0.15) is 11.0 Å². The molecule has 3 aromatic heterocycles. The molecule has 0 radical (unpaired) electrons. The smallest absolute Gasteiger partial charge is 0.238 e. The monoisotopic (exact) mass is 528 g/mol. The maximum atomic E-state index is 12.0. The average Bonchev–Trinajstić information content (AvgIpc) is 3.19. The van der Waals surface area contributed by atoms with Crippen molar-refractivity contribution in [2.75, 3.05) is 17.2 Å². The molecule has 0 atom stereocenters. The number of thiazole rings is 1. The number of halogens is 3. The third kappa shape index (κ3) is 4.97. The van der Waals surface area contributed by atoms with E-state index in [4.69, 9.17) is 17.3 Å². The number of benzene rings is 1. The number of hydrogen-bond acceptors (Lipinski definition) is 7. The fourth-order valence-electron chi connectivity index (χ4n) is 3.15. The quantitative estimate of drug-likeness (QED) is 0.300. The lowest BCUT2D eigenvalue weighted by Crippen LogP contribution is -2.21. The minimum atomic E-state index is -0.303. The lowest BCUT2D eigenvalue weighted by molar-refractivity contribution is -0.117. The summed E-state index contributed by atoms with van der Waals surface area (Å²) in [6.45, 7) is -0.112. The molecule has 174 valence electrons. The topological polar surface area (TPSA) is 144 Å². The molecule has 14 heteroatoms. The summed E-state index contributed by atoms with van der Waals surface area (Å²) in [6, 6.07) is 5.18. The molecule has 1 saturated carbocycles. The molecule has 1 fully saturated rings. The second kappa shape index (κ2) is 10.1. The summed E-state index contributed by atoms with van der Waals surface area (Å²) in [7, 11) is 0. The van der Waals surface area contributed by atoms with Gasteiger partial charge in [-0.2, -0.15) is 5.10 Å². The van der Waals surface area contributed by atoms with Gasteiger partial charge in [-0.1, -0.05) is 22.9 Å². The molecule has 10 nitrogen and oxygen atoms in total. The van der Waals surface area contributed by atoms with Gasteiger partial charge in [0.2, 0.25) is 11.8 Å². The molecular weight excluding hydrogens is 511 g/mol. The third-order valence-electron chi connectivity index (χ3n) is 4.86. The fourth-order valence-corrected chi connectivity index (χ4v) is 4.33. The van der Waals surface area contributed by atoms with E-state index in [0.29, 0.717) is 38.6 Å². The number of hydrogen-bond donors (Lipinski definition) is 4. The highest BCUT2D eigenvalue weighted by atomic mass is 35.5. The average molecular weight is 530 g/mol. The van der Waals surface area contributed by atoms with Crippen molar-refractivity contribution in [3.05, 3.63) is 35.7 Å². The van der Waals surface area contributed by atoms with E-state index in [1.54, 1.807) is 35.3 Å². The van der Waals surface area contributed by atoms with E-state index < -0.39 is 0 Å². The van der Waals surface area contributed by atoms with Crippen LogP contribution in [0.4, 0.5) is 10.8 Å². The van der Waals surface area contributed by atoms with Gasteiger partial charge in [-0.3, -0.25) is 19.3 Å². The first-order valence-electron chi connectivity index (χ1n) is 9.52. The van der Waals surface area contributed by atoms with Crippen LogP contribution in [-0.2, 0) is 9.59 Å². The number of anilines is 2. The standard InChI is InChI=1S/C19H17ClN8O2S.2ClH/c20-12-5-10(23-14(29)6-21)3-4-11(12)13-7-22-8-28(13)17-15-16(26-27-17)24-19(31-15)25-18(30)9-1-2-9;;/h3-5,7-9H,1-2,6,21H2,(H,23,29)(H2,24,25,26,27,30);2*1H. The van der Waals surface area contributed by atoms with Crippen LogP contribution in [0.2, 0.25) is 5.02 Å². The van der Waals surface area contributed by atoms with Gasteiger partial charge >= 0.3 is 0 Å². The molecule has 1 aliphatic rings. The van der Waals surface area contributed by atoms with Crippen molar-refractivity contribution in [2.45, 2.75) is 12.8 Å². The molecule has 2 amide bonds. The van der Waals surface area contributed by atoms with Gasteiger partial charge in [0.15, 0.2) is 16.6 Å². The molecule has 0 unspecified atom stereocenters. The Hall–Kier alpha value is -2.70. The van der Waals surface area contributed by atoms with Crippen LogP contribution in [0.3, 0.4) is 0 Å². The van der Waals surface area contributed by atoms with Gasteiger partial charge in [0, 0.05) is 17.2 Å². The highest BCUT2D eigenvalue weighted by Crippen LogP contribution is 2.36. The van der Waals surface area contributed by atoms with E-state index in [1.807, 2.05) is 0 Å². The second-order valence-electron chi connectivity index (χ2n) is 7.10. The maximum Gasteiger partial charge on any atom is 0.238 e. The number of amides is 2. The summed E-state index contributed by atoms with van der Waals surface area (Å²) in [5.41, 5.74) is 7.90. The van der Waals surface area contributed by atoms with E-state index >= 15 is 0 Å². The van der Waals surface area contributed by atoms with E-state index in [1.165, 1.54) is 11.3 Å². The zero-order chi connectivity index (χ0) is 21.5. The van der Waals surface area contributed by atoms with E-state index in [9.17, 15) is 9.59 Å². The minimum Gasteiger partial charge on any atom is -0.325 e. The van der Waals surface area contributed by atoms with Crippen molar-refractivity contribution in [1.82, 2.24) is 24.7 Å². The van der Waals surface area contributed by atoms with Crippen LogP contribution in [0.1, 0.15) is 12.8 Å². The minimum absolute atomic E-state index is 0. The van der Waals surface area contributed by atoms with Crippen LogP contribution in [0.25, 0.3) is 27.4 Å². The van der Waals surface area contributed by atoms with Crippen molar-refractivity contribution >= 4 is 80.7 Å². The number of carbonyl (C=O) groups excluding carboxylic acids is 2. The van der Waals surface area contributed by atoms with Crippen molar-refractivity contribution in [3.63, 3.8) is 0 Å². The zero-order valence-corrected chi connectivity index (χ0v) is 20.1. The Labute approximate surface area is 209 Å². The summed E-state index contributed by atoms with van der Waals surface area (Å²) in [5, 5.41) is 13.8. The number of aromatic nitrogens is 5. The predicted molar refractivity (Wildman–Crippen MR) is 133 cm³/mol. The van der Waals surface area contributed by atoms with Gasteiger partial charge < -0.3 is 16.4 Å². The van der Waals surface area contributed by atoms with Gasteiger partial charge in [-0.25, -0.2) is 9.97 Å². The van der Waals surface area contributed by atoms with Crippen molar-refractivity contribution in [3.8, 4) is 17.1 Å². The molecule has 1 aromatic carbocycles. The molecule has 33 heavy (non-hydrogen) atoms. The van der Waals surface area contributed by atoms with E-state index in [2.05, 4.69) is 30.8 Å². The molecule has 0 saturated heterocycles. The van der Waals surface area contributed by atoms with Crippen LogP contribution in [0.5, 0.6) is 0 Å². The van der Waals surface area contributed by atoms with Gasteiger partial charge in [-0.15, -0.1) is 24.8 Å². The second-order valence-corrected chi connectivity index (χ2v) is 8.51. The number of carbonyl (C=O) groups is 2. The van der Waals surface area contributed by atoms with Gasteiger partial charge in [0.25, 0.3) is 0 Å². The van der Waals surface area contributed by atoms with E-state index in [-0.39, 0.29) is 49.1 Å². The number of H-pyrrole nitrogens is 1. The summed E-state index contributed by atoms with van der Waals surface area (Å²) < 4.78 is 2.58. The summed E-state index contributed by atoms with van der Waals surface area (Å²) in [6.07, 6.45) is 5.16. The molecule has 5 N–H and O–H groups in total. The molecule has 4 aromatic rings. The van der Waals surface area contributed by atoms with Gasteiger partial charge in [0.05, 0.1) is 23.5 Å². The molecule has 3 heterocycles. The Balaban J connectivity index is 0.00000153. The number of nitrogens with two attached hydrogens (primary N) is 1. The zero-order valence-electron chi connectivity index (χ0n) is 16.9. The Kier molecular flexibility index (Phi) is 7.60. The Morgan fingerprint density at radius 3 is 2.76 bits per heavy atom. The Morgan fingerprint density at radius 1 is 1.27 bits per heavy atom. The van der Waals surface area contributed by atoms with E-state index in [0.717, 1.165) is 17.5 Å². The first-order chi connectivity index (χ1) is 15.0. The highest BCUT2D eigenvalue weighted by Gasteiger charge is 2.30. The van der Waals surface area contributed by atoms with Crippen molar-refractivity contribution in [2.24, 2.45) is 11.7 Å².